The van der Waals surface area contributed by atoms with Crippen LogP contribution in [0.2, 0.25) is 0 Å². The van der Waals surface area contributed by atoms with Gasteiger partial charge in [-0.05, 0) is 19.3 Å². The minimum absolute atomic E-state index is 0.188. The first-order valence-electron chi connectivity index (χ1n) is 4.75. The minimum Gasteiger partial charge on any atom is -0.436 e. The summed E-state index contributed by atoms with van der Waals surface area (Å²) in [7, 11) is 0. The Kier molecular flexibility index (Phi) is 4.54. The van der Waals surface area contributed by atoms with Crippen molar-refractivity contribution in [2.45, 2.75) is 38.4 Å². The Balaban J connectivity index is 2.14. The lowest BCUT2D eigenvalue weighted by molar-refractivity contribution is -0.186. The molecule has 0 aliphatic carbocycles. The van der Waals surface area contributed by atoms with Gasteiger partial charge in [0.25, 0.3) is 0 Å². The maximum absolute atomic E-state index is 11.1. The van der Waals surface area contributed by atoms with Crippen molar-refractivity contribution < 1.29 is 14.3 Å². The third-order valence-electron chi connectivity index (χ3n) is 1.95. The van der Waals surface area contributed by atoms with Crippen LogP contribution in [0.15, 0.2) is 12.7 Å². The average Bonchev–Trinajstić information content (AvgIpc) is 2.16. The molecular weight excluding hydrogens is 168 g/mol. The molecule has 74 valence electrons. The summed E-state index contributed by atoms with van der Waals surface area (Å²) < 4.78 is 10.3. The van der Waals surface area contributed by atoms with Crippen molar-refractivity contribution in [3.05, 3.63) is 12.7 Å². The van der Waals surface area contributed by atoms with Crippen molar-refractivity contribution in [1.29, 1.82) is 0 Å². The summed E-state index contributed by atoms with van der Waals surface area (Å²) in [5.74, 6) is -0.188. The highest BCUT2D eigenvalue weighted by Crippen LogP contribution is 2.14. The minimum atomic E-state index is -0.300. The molecule has 0 aromatic carbocycles. The summed E-state index contributed by atoms with van der Waals surface area (Å²) in [4.78, 5) is 11.1. The van der Waals surface area contributed by atoms with E-state index in [-0.39, 0.29) is 12.3 Å². The molecule has 0 saturated carbocycles. The molecule has 0 radical (unpaired) electrons. The van der Waals surface area contributed by atoms with Gasteiger partial charge in [-0.3, -0.25) is 4.79 Å². The quantitative estimate of drug-likeness (QED) is 0.495. The number of hydrogen-bond donors (Lipinski definition) is 0. The monoisotopic (exact) mass is 184 g/mol. The van der Waals surface area contributed by atoms with Crippen LogP contribution in [0.3, 0.4) is 0 Å². The Labute approximate surface area is 78.7 Å². The predicted octanol–water partition coefficient (Wildman–Crippen LogP) is 2.02. The molecule has 0 spiro atoms. The van der Waals surface area contributed by atoms with Crippen molar-refractivity contribution in [1.82, 2.24) is 0 Å². The topological polar surface area (TPSA) is 35.5 Å². The van der Waals surface area contributed by atoms with Crippen LogP contribution < -0.4 is 0 Å². The van der Waals surface area contributed by atoms with Gasteiger partial charge in [0.05, 0.1) is 6.61 Å². The lowest BCUT2D eigenvalue weighted by Crippen LogP contribution is -2.25. The number of esters is 1. The van der Waals surface area contributed by atoms with Crippen molar-refractivity contribution in [3.8, 4) is 0 Å². The van der Waals surface area contributed by atoms with E-state index in [9.17, 15) is 4.79 Å². The summed E-state index contributed by atoms with van der Waals surface area (Å²) in [6.07, 6.45) is 5.48. The molecule has 0 aromatic rings. The van der Waals surface area contributed by atoms with Gasteiger partial charge in [-0.15, -0.1) is 6.58 Å². The second-order valence-corrected chi connectivity index (χ2v) is 3.11. The van der Waals surface area contributed by atoms with Crippen LogP contribution in [0.4, 0.5) is 0 Å². The Morgan fingerprint density at radius 2 is 2.46 bits per heavy atom. The Bertz CT molecular complexity index is 171. The van der Waals surface area contributed by atoms with Crippen LogP contribution in [0.1, 0.15) is 32.1 Å². The van der Waals surface area contributed by atoms with Gasteiger partial charge in [-0.1, -0.05) is 6.08 Å². The van der Waals surface area contributed by atoms with Gasteiger partial charge in [0, 0.05) is 12.8 Å². The zero-order chi connectivity index (χ0) is 9.52. The van der Waals surface area contributed by atoms with E-state index in [2.05, 4.69) is 6.58 Å². The molecule has 1 fully saturated rings. The van der Waals surface area contributed by atoms with Crippen LogP contribution in [-0.2, 0) is 14.3 Å². The Hall–Kier alpha value is -0.830. The molecule has 0 N–H and O–H groups in total. The molecule has 0 bridgehead atoms. The van der Waals surface area contributed by atoms with Gasteiger partial charge >= 0.3 is 5.97 Å². The largest absolute Gasteiger partial charge is 0.436 e. The molecule has 1 saturated heterocycles. The first-order valence-corrected chi connectivity index (χ1v) is 4.75. The smallest absolute Gasteiger partial charge is 0.308 e. The first kappa shape index (κ1) is 10.3. The van der Waals surface area contributed by atoms with E-state index in [0.717, 1.165) is 19.3 Å². The van der Waals surface area contributed by atoms with E-state index in [1.807, 2.05) is 0 Å². The van der Waals surface area contributed by atoms with Gasteiger partial charge < -0.3 is 9.47 Å². The van der Waals surface area contributed by atoms with E-state index in [4.69, 9.17) is 9.47 Å². The lowest BCUT2D eigenvalue weighted by Gasteiger charge is -2.22. The standard InChI is InChI=1S/C10H16O3/c1-2-3-6-9(11)13-10-7-4-5-8-12-10/h2,10H,1,3-8H2. The van der Waals surface area contributed by atoms with Crippen molar-refractivity contribution in [2.24, 2.45) is 0 Å². The van der Waals surface area contributed by atoms with E-state index in [0.29, 0.717) is 19.4 Å². The third-order valence-corrected chi connectivity index (χ3v) is 1.95. The fraction of sp³-hybridized carbons (Fsp3) is 0.700. The van der Waals surface area contributed by atoms with E-state index in [1.54, 1.807) is 6.08 Å². The average molecular weight is 184 g/mol. The van der Waals surface area contributed by atoms with Gasteiger partial charge in [0.15, 0.2) is 0 Å². The van der Waals surface area contributed by atoms with Crippen LogP contribution >= 0.6 is 0 Å². The molecule has 13 heavy (non-hydrogen) atoms. The molecule has 0 aromatic heterocycles. The van der Waals surface area contributed by atoms with Crippen LogP contribution in [-0.4, -0.2) is 18.9 Å². The summed E-state index contributed by atoms with van der Waals surface area (Å²) in [6, 6.07) is 0. The first-order chi connectivity index (χ1) is 6.33. The number of carbonyl (C=O) groups is 1. The zero-order valence-corrected chi connectivity index (χ0v) is 7.83. The summed E-state index contributed by atoms with van der Waals surface area (Å²) in [5, 5.41) is 0. The molecule has 1 rings (SSSR count). The second-order valence-electron chi connectivity index (χ2n) is 3.11. The van der Waals surface area contributed by atoms with Crippen molar-refractivity contribution >= 4 is 5.97 Å². The molecule has 1 heterocycles. The normalized spacial score (nSPS) is 22.3. The fourth-order valence-corrected chi connectivity index (χ4v) is 1.23. The lowest BCUT2D eigenvalue weighted by atomic mass is 10.2. The summed E-state index contributed by atoms with van der Waals surface area (Å²) in [5.41, 5.74) is 0. The molecular formula is C10H16O3. The number of rotatable bonds is 4. The number of carbonyl (C=O) groups excluding carboxylic acids is 1. The predicted molar refractivity (Wildman–Crippen MR) is 49.1 cm³/mol. The highest BCUT2D eigenvalue weighted by atomic mass is 16.7. The van der Waals surface area contributed by atoms with Crippen LogP contribution in [0.25, 0.3) is 0 Å². The highest BCUT2D eigenvalue weighted by molar-refractivity contribution is 5.69. The number of ether oxygens (including phenoxy) is 2. The Morgan fingerprint density at radius 1 is 1.62 bits per heavy atom. The molecule has 0 amide bonds. The second kappa shape index (κ2) is 5.75. The van der Waals surface area contributed by atoms with E-state index < -0.39 is 0 Å². The Morgan fingerprint density at radius 3 is 3.08 bits per heavy atom. The SMILES string of the molecule is C=CCCC(=O)OC1CCCCO1. The van der Waals surface area contributed by atoms with Crippen LogP contribution in [0.5, 0.6) is 0 Å². The van der Waals surface area contributed by atoms with Crippen LogP contribution in [0, 0.1) is 0 Å². The van der Waals surface area contributed by atoms with Gasteiger partial charge in [-0.25, -0.2) is 0 Å². The summed E-state index contributed by atoms with van der Waals surface area (Å²) >= 11 is 0. The van der Waals surface area contributed by atoms with Gasteiger partial charge in [0.2, 0.25) is 6.29 Å². The maximum Gasteiger partial charge on any atom is 0.308 e. The molecule has 3 heteroatoms. The van der Waals surface area contributed by atoms with Crippen molar-refractivity contribution in [2.75, 3.05) is 6.61 Å². The summed E-state index contributed by atoms with van der Waals surface area (Å²) in [6.45, 7) is 4.25. The molecule has 1 unspecified atom stereocenters. The molecule has 3 nitrogen and oxygen atoms in total. The molecule has 1 aliphatic heterocycles. The number of allylic oxidation sites excluding steroid dienone is 1. The van der Waals surface area contributed by atoms with E-state index >= 15 is 0 Å². The molecule has 1 atom stereocenters. The zero-order valence-electron chi connectivity index (χ0n) is 7.83. The maximum atomic E-state index is 11.1. The number of hydrogen-bond acceptors (Lipinski definition) is 3. The fourth-order valence-electron chi connectivity index (χ4n) is 1.23. The van der Waals surface area contributed by atoms with Gasteiger partial charge in [-0.2, -0.15) is 0 Å². The van der Waals surface area contributed by atoms with Gasteiger partial charge in [0.1, 0.15) is 0 Å². The third kappa shape index (κ3) is 4.08. The molecule has 1 aliphatic rings. The van der Waals surface area contributed by atoms with Crippen molar-refractivity contribution in [3.63, 3.8) is 0 Å². The van der Waals surface area contributed by atoms with E-state index in [1.165, 1.54) is 0 Å². The highest BCUT2D eigenvalue weighted by Gasteiger charge is 2.17.